The Morgan fingerprint density at radius 3 is 2.63 bits per heavy atom. The van der Waals surface area contributed by atoms with Crippen molar-refractivity contribution in [3.05, 3.63) is 41.9 Å². The van der Waals surface area contributed by atoms with E-state index < -0.39 is 5.97 Å². The lowest BCUT2D eigenvalue weighted by Crippen LogP contribution is -2.40. The topological polar surface area (TPSA) is 77.3 Å². The molecule has 0 aromatic carbocycles. The molecule has 27 heavy (non-hydrogen) atoms. The van der Waals surface area contributed by atoms with Gasteiger partial charge in [-0.2, -0.15) is 5.10 Å². The number of hydrogen-bond acceptors (Lipinski definition) is 5. The lowest BCUT2D eigenvalue weighted by molar-refractivity contribution is -0.135. The number of hydrogen-bond donors (Lipinski definition) is 0. The molecule has 2 aromatic heterocycles. The van der Waals surface area contributed by atoms with Crippen molar-refractivity contribution in [1.82, 2.24) is 19.7 Å². The van der Waals surface area contributed by atoms with Gasteiger partial charge in [-0.05, 0) is 36.8 Å². The molecule has 0 radical (unpaired) electrons. The SMILES string of the molecule is CC1CCN(C(=O)COC(=O)c2cnn(-c3ccccn3)c2C(C)C)CC1. The van der Waals surface area contributed by atoms with Gasteiger partial charge in [0.1, 0.15) is 5.56 Å². The highest BCUT2D eigenvalue weighted by Crippen LogP contribution is 2.23. The van der Waals surface area contributed by atoms with Gasteiger partial charge in [-0.3, -0.25) is 4.79 Å². The van der Waals surface area contributed by atoms with Crippen molar-refractivity contribution >= 4 is 11.9 Å². The Labute approximate surface area is 159 Å². The van der Waals surface area contributed by atoms with E-state index in [0.29, 0.717) is 17.3 Å². The van der Waals surface area contributed by atoms with Crippen LogP contribution in [0.1, 0.15) is 55.6 Å². The van der Waals surface area contributed by atoms with Gasteiger partial charge in [-0.1, -0.05) is 26.8 Å². The predicted octanol–water partition coefficient (Wildman–Crippen LogP) is 2.81. The molecular formula is C20H26N4O3. The van der Waals surface area contributed by atoms with Crippen LogP contribution in [0.2, 0.25) is 0 Å². The third-order valence-corrected chi connectivity index (χ3v) is 4.90. The van der Waals surface area contributed by atoms with Crippen LogP contribution in [0.3, 0.4) is 0 Å². The second kappa shape index (κ2) is 8.33. The highest BCUT2D eigenvalue weighted by molar-refractivity contribution is 5.92. The number of ether oxygens (including phenoxy) is 1. The standard InChI is InChI=1S/C20H26N4O3/c1-14(2)19-16(12-22-24(19)17-6-4-5-9-21-17)20(26)27-13-18(25)23-10-7-15(3)8-11-23/h4-6,9,12,14-15H,7-8,10-11,13H2,1-3H3. The summed E-state index contributed by atoms with van der Waals surface area (Å²) in [5.41, 5.74) is 1.09. The monoisotopic (exact) mass is 370 g/mol. The Balaban J connectivity index is 1.70. The van der Waals surface area contributed by atoms with Gasteiger partial charge in [-0.15, -0.1) is 0 Å². The molecule has 1 fully saturated rings. The Hall–Kier alpha value is -2.70. The Bertz CT molecular complexity index is 793. The molecule has 1 saturated heterocycles. The van der Waals surface area contributed by atoms with Gasteiger partial charge in [0, 0.05) is 19.3 Å². The number of rotatable bonds is 5. The van der Waals surface area contributed by atoms with E-state index >= 15 is 0 Å². The molecule has 2 aromatic rings. The van der Waals surface area contributed by atoms with Crippen LogP contribution in [-0.4, -0.2) is 51.2 Å². The van der Waals surface area contributed by atoms with Gasteiger partial charge in [0.05, 0.1) is 11.9 Å². The van der Waals surface area contributed by atoms with Crippen LogP contribution in [0.25, 0.3) is 5.82 Å². The van der Waals surface area contributed by atoms with Gasteiger partial charge >= 0.3 is 5.97 Å². The van der Waals surface area contributed by atoms with Gasteiger partial charge < -0.3 is 9.64 Å². The molecule has 3 heterocycles. The number of piperidine rings is 1. The van der Waals surface area contributed by atoms with Gasteiger partial charge in [-0.25, -0.2) is 14.5 Å². The first-order chi connectivity index (χ1) is 13.0. The minimum Gasteiger partial charge on any atom is -0.452 e. The van der Waals surface area contributed by atoms with E-state index in [1.165, 1.54) is 6.20 Å². The molecule has 1 amide bonds. The maximum atomic E-state index is 12.6. The average Bonchev–Trinajstić information content (AvgIpc) is 3.12. The van der Waals surface area contributed by atoms with Crippen LogP contribution in [-0.2, 0) is 9.53 Å². The first-order valence-electron chi connectivity index (χ1n) is 9.41. The number of nitrogens with zero attached hydrogens (tertiary/aromatic N) is 4. The summed E-state index contributed by atoms with van der Waals surface area (Å²) < 4.78 is 6.95. The summed E-state index contributed by atoms with van der Waals surface area (Å²) in [6.45, 7) is 7.37. The Morgan fingerprint density at radius 1 is 1.26 bits per heavy atom. The van der Waals surface area contributed by atoms with Crippen molar-refractivity contribution in [2.24, 2.45) is 5.92 Å². The minimum absolute atomic E-state index is 0.0383. The second-order valence-electron chi connectivity index (χ2n) is 7.34. The fourth-order valence-corrected chi connectivity index (χ4v) is 3.29. The third kappa shape index (κ3) is 4.35. The summed E-state index contributed by atoms with van der Waals surface area (Å²) >= 11 is 0. The number of amides is 1. The highest BCUT2D eigenvalue weighted by atomic mass is 16.5. The smallest absolute Gasteiger partial charge is 0.342 e. The van der Waals surface area contributed by atoms with Crippen LogP contribution in [0.5, 0.6) is 0 Å². The first kappa shape index (κ1) is 19.1. The number of pyridine rings is 1. The number of esters is 1. The molecule has 144 valence electrons. The fraction of sp³-hybridized carbons (Fsp3) is 0.500. The Morgan fingerprint density at radius 2 is 2.00 bits per heavy atom. The molecule has 0 spiro atoms. The summed E-state index contributed by atoms with van der Waals surface area (Å²) in [7, 11) is 0. The molecule has 1 aliphatic heterocycles. The van der Waals surface area contributed by atoms with Crippen LogP contribution >= 0.6 is 0 Å². The van der Waals surface area contributed by atoms with Gasteiger partial charge in [0.2, 0.25) is 0 Å². The summed E-state index contributed by atoms with van der Waals surface area (Å²) in [6, 6.07) is 5.52. The number of aromatic nitrogens is 3. The molecule has 7 heteroatoms. The lowest BCUT2D eigenvalue weighted by Gasteiger charge is -2.30. The van der Waals surface area contributed by atoms with E-state index in [9.17, 15) is 9.59 Å². The molecule has 1 aliphatic rings. The maximum absolute atomic E-state index is 12.6. The van der Waals surface area contributed by atoms with Crippen LogP contribution < -0.4 is 0 Å². The van der Waals surface area contributed by atoms with E-state index in [0.717, 1.165) is 31.6 Å². The summed E-state index contributed by atoms with van der Waals surface area (Å²) in [6.07, 6.45) is 5.15. The average molecular weight is 370 g/mol. The second-order valence-corrected chi connectivity index (χ2v) is 7.34. The molecule has 0 atom stereocenters. The van der Waals surface area contributed by atoms with E-state index in [1.807, 2.05) is 32.0 Å². The molecule has 0 N–H and O–H groups in total. The van der Waals surface area contributed by atoms with Crippen molar-refractivity contribution in [3.63, 3.8) is 0 Å². The van der Waals surface area contributed by atoms with E-state index in [4.69, 9.17) is 4.74 Å². The van der Waals surface area contributed by atoms with Crippen molar-refractivity contribution < 1.29 is 14.3 Å². The Kier molecular flexibility index (Phi) is 5.88. The van der Waals surface area contributed by atoms with Crippen molar-refractivity contribution in [2.75, 3.05) is 19.7 Å². The zero-order valence-electron chi connectivity index (χ0n) is 16.1. The number of carbonyl (C=O) groups excluding carboxylic acids is 2. The predicted molar refractivity (Wildman–Crippen MR) is 101 cm³/mol. The zero-order valence-corrected chi connectivity index (χ0v) is 16.1. The molecule has 7 nitrogen and oxygen atoms in total. The molecule has 0 aliphatic carbocycles. The molecule has 0 unspecified atom stereocenters. The number of carbonyl (C=O) groups is 2. The fourth-order valence-electron chi connectivity index (χ4n) is 3.29. The van der Waals surface area contributed by atoms with Gasteiger partial charge in [0.25, 0.3) is 5.91 Å². The van der Waals surface area contributed by atoms with E-state index in [1.54, 1.807) is 15.8 Å². The zero-order chi connectivity index (χ0) is 19.4. The maximum Gasteiger partial charge on any atom is 0.342 e. The van der Waals surface area contributed by atoms with Crippen LogP contribution in [0.4, 0.5) is 0 Å². The first-order valence-corrected chi connectivity index (χ1v) is 9.41. The van der Waals surface area contributed by atoms with Crippen LogP contribution in [0.15, 0.2) is 30.6 Å². The molecule has 3 rings (SSSR count). The summed E-state index contributed by atoms with van der Waals surface area (Å²) in [5.74, 6) is 0.649. The minimum atomic E-state index is -0.528. The van der Waals surface area contributed by atoms with Crippen LogP contribution in [0, 0.1) is 5.92 Å². The van der Waals surface area contributed by atoms with Gasteiger partial charge in [0.15, 0.2) is 12.4 Å². The van der Waals surface area contributed by atoms with E-state index in [2.05, 4.69) is 17.0 Å². The molecule has 0 bridgehead atoms. The lowest BCUT2D eigenvalue weighted by atomic mass is 9.99. The van der Waals surface area contributed by atoms with E-state index in [-0.39, 0.29) is 18.4 Å². The van der Waals surface area contributed by atoms with Crippen molar-refractivity contribution in [3.8, 4) is 5.82 Å². The summed E-state index contributed by atoms with van der Waals surface area (Å²) in [5, 5.41) is 4.31. The number of likely N-dealkylation sites (tertiary alicyclic amines) is 1. The molecule has 0 saturated carbocycles. The van der Waals surface area contributed by atoms with Crippen molar-refractivity contribution in [1.29, 1.82) is 0 Å². The third-order valence-electron chi connectivity index (χ3n) is 4.90. The largest absolute Gasteiger partial charge is 0.452 e. The van der Waals surface area contributed by atoms with Crippen molar-refractivity contribution in [2.45, 2.75) is 39.5 Å². The quantitative estimate of drug-likeness (QED) is 0.757. The normalized spacial score (nSPS) is 15.2. The molecular weight excluding hydrogens is 344 g/mol. The highest BCUT2D eigenvalue weighted by Gasteiger charge is 2.25. The summed E-state index contributed by atoms with van der Waals surface area (Å²) in [4.78, 5) is 31.0.